The van der Waals surface area contributed by atoms with Crippen LogP contribution in [-0.2, 0) is 39.8 Å². The average Bonchev–Trinajstić information content (AvgIpc) is 3.11. The predicted molar refractivity (Wildman–Crippen MR) is 146 cm³/mol. The Morgan fingerprint density at radius 2 is 1.50 bits per heavy atom. The van der Waals surface area contributed by atoms with E-state index in [9.17, 15) is 23.7 Å². The Kier molecular flexibility index (Phi) is 11.5. The summed E-state index contributed by atoms with van der Waals surface area (Å²) in [5.74, 6) is -2.21. The second-order valence-electron chi connectivity index (χ2n) is 12.5. The summed E-state index contributed by atoms with van der Waals surface area (Å²) in [5.41, 5.74) is -2.46. The number of amides is 2. The molecule has 0 N–H and O–H groups in total. The largest absolute Gasteiger partial charge is 0.615 e. The number of rotatable bonds is 8. The molecule has 0 aromatic heterocycles. The Morgan fingerprint density at radius 1 is 1.00 bits per heavy atom. The summed E-state index contributed by atoms with van der Waals surface area (Å²) in [4.78, 5) is 54.1. The molecule has 0 radical (unpaired) electrons. The number of esters is 2. The number of hydrogen-bond acceptors (Lipinski definition) is 9. The minimum absolute atomic E-state index is 0.112. The number of ether oxygens (including phenoxy) is 3. The van der Waals surface area contributed by atoms with Crippen LogP contribution in [0.2, 0.25) is 0 Å². The van der Waals surface area contributed by atoms with Gasteiger partial charge >= 0.3 is 18.0 Å². The molecule has 1 rings (SSSR count). The van der Waals surface area contributed by atoms with Crippen molar-refractivity contribution in [1.29, 1.82) is 0 Å². The lowest BCUT2D eigenvalue weighted by molar-refractivity contribution is -0.166. The van der Waals surface area contributed by atoms with Crippen molar-refractivity contribution in [2.45, 2.75) is 117 Å². The summed E-state index contributed by atoms with van der Waals surface area (Å²) >= 11 is -1.92. The molecule has 1 heterocycles. The van der Waals surface area contributed by atoms with Crippen molar-refractivity contribution in [3.63, 3.8) is 0 Å². The molecule has 1 aliphatic rings. The maximum Gasteiger partial charge on any atom is 0.421 e. The minimum Gasteiger partial charge on any atom is -0.615 e. The lowest BCUT2D eigenvalue weighted by Crippen LogP contribution is -2.56. The second kappa shape index (κ2) is 12.8. The van der Waals surface area contributed by atoms with E-state index < -0.39 is 69.4 Å². The highest BCUT2D eigenvalue weighted by Crippen LogP contribution is 2.31. The Morgan fingerprint density at radius 3 is 1.92 bits per heavy atom. The topological polar surface area (TPSA) is 126 Å². The van der Waals surface area contributed by atoms with Crippen LogP contribution in [0.25, 0.3) is 0 Å². The summed E-state index contributed by atoms with van der Waals surface area (Å²) in [6.07, 6.45) is 1.15. The summed E-state index contributed by atoms with van der Waals surface area (Å²) in [6.45, 7) is 22.1. The normalized spacial score (nSPS) is 21.2. The van der Waals surface area contributed by atoms with Gasteiger partial charge in [0.15, 0.2) is 11.4 Å². The second-order valence-corrected chi connectivity index (χ2v) is 14.3. The third kappa shape index (κ3) is 10.6. The third-order valence-corrected chi connectivity index (χ3v) is 7.07. The van der Waals surface area contributed by atoms with Crippen LogP contribution in [0.3, 0.4) is 0 Å². The summed E-state index contributed by atoms with van der Waals surface area (Å²) in [6, 6.07) is -1.90. The summed E-state index contributed by atoms with van der Waals surface area (Å²) in [7, 11) is 0. The molecule has 1 aliphatic heterocycles. The van der Waals surface area contributed by atoms with Crippen molar-refractivity contribution >= 4 is 35.1 Å². The number of carbonyl (C=O) groups excluding carboxylic acids is 4. The van der Waals surface area contributed by atoms with Gasteiger partial charge in [-0.1, -0.05) is 6.08 Å². The van der Waals surface area contributed by atoms with Crippen molar-refractivity contribution in [2.24, 2.45) is 5.92 Å². The van der Waals surface area contributed by atoms with Gasteiger partial charge in [0.1, 0.15) is 28.6 Å². The van der Waals surface area contributed by atoms with Crippen molar-refractivity contribution in [3.05, 3.63) is 12.7 Å². The summed E-state index contributed by atoms with van der Waals surface area (Å²) in [5, 5.41) is -1.11. The number of likely N-dealkylation sites (tertiary alicyclic amines) is 1. The van der Waals surface area contributed by atoms with E-state index in [0.717, 1.165) is 4.90 Å². The van der Waals surface area contributed by atoms with Gasteiger partial charge in [-0.15, -0.1) is 6.58 Å². The molecule has 1 saturated heterocycles. The van der Waals surface area contributed by atoms with Gasteiger partial charge in [-0.05, 0) is 85.8 Å². The molecule has 0 saturated carbocycles. The Bertz CT molecular complexity index is 887. The van der Waals surface area contributed by atoms with Gasteiger partial charge in [0.25, 0.3) is 0 Å². The smallest absolute Gasteiger partial charge is 0.421 e. The molecule has 1 fully saturated rings. The number of nitrogens with zero attached hydrogens (tertiary/aromatic N) is 2. The molecular weight excluding hydrogens is 512 g/mol. The molecule has 0 spiro atoms. The molecule has 4 unspecified atom stereocenters. The minimum atomic E-state index is -1.92. The maximum atomic E-state index is 13.6. The SMILES string of the molecule is C=CC1CC(C(=O)OC(C)(C)C)N([C@@H](C[S+]([O-])C(C)N(C(C)=O)C(=O)OC(C)(C)C)C(=O)OC(C)(C)C)C1. The van der Waals surface area contributed by atoms with Crippen LogP contribution in [0.1, 0.15) is 82.6 Å². The Balaban J connectivity index is 3.38. The molecule has 0 aromatic rings. The molecule has 0 aromatic carbocycles. The molecule has 0 aliphatic carbocycles. The van der Waals surface area contributed by atoms with Gasteiger partial charge < -0.3 is 18.8 Å². The van der Waals surface area contributed by atoms with Crippen LogP contribution in [0, 0.1) is 5.92 Å². The molecule has 11 heteroatoms. The fourth-order valence-corrected chi connectivity index (χ4v) is 5.32. The van der Waals surface area contributed by atoms with Gasteiger partial charge in [0.2, 0.25) is 5.91 Å². The number of imide groups is 1. The highest BCUT2D eigenvalue weighted by atomic mass is 32.2. The van der Waals surface area contributed by atoms with E-state index in [4.69, 9.17) is 14.2 Å². The lowest BCUT2D eigenvalue weighted by Gasteiger charge is -2.35. The van der Waals surface area contributed by atoms with E-state index in [2.05, 4.69) is 6.58 Å². The fraction of sp³-hybridized carbons (Fsp3) is 0.778. The summed E-state index contributed by atoms with van der Waals surface area (Å²) < 4.78 is 30.2. The standard InChI is InChI=1S/C27H46N2O8S/c1-13-19-14-20(22(31)35-25(4,5)6)28(15-19)21(23(32)36-26(7,8)9)16-38(34)18(3)29(17(2)30)24(33)37-27(10,11)12/h13,18-21H,1,14-16H2,2-12H3/t18?,19?,20?,21-,38?/m0/s1. The molecule has 2 amide bonds. The van der Waals surface area contributed by atoms with E-state index in [1.807, 2.05) is 0 Å². The van der Waals surface area contributed by atoms with E-state index in [1.54, 1.807) is 73.3 Å². The van der Waals surface area contributed by atoms with Crippen LogP contribution in [-0.4, -0.2) is 84.8 Å². The molecule has 10 nitrogen and oxygen atoms in total. The van der Waals surface area contributed by atoms with Crippen molar-refractivity contribution in [1.82, 2.24) is 9.80 Å². The molecule has 5 atom stereocenters. The highest BCUT2D eigenvalue weighted by molar-refractivity contribution is 7.92. The van der Waals surface area contributed by atoms with Gasteiger partial charge in [-0.25, -0.2) is 4.79 Å². The molecule has 0 bridgehead atoms. The van der Waals surface area contributed by atoms with E-state index in [1.165, 1.54) is 13.8 Å². The van der Waals surface area contributed by atoms with E-state index in [0.29, 0.717) is 13.0 Å². The predicted octanol–water partition coefficient (Wildman–Crippen LogP) is 3.79. The number of carbonyl (C=O) groups is 4. The van der Waals surface area contributed by atoms with Crippen LogP contribution < -0.4 is 0 Å². The highest BCUT2D eigenvalue weighted by Gasteiger charge is 2.48. The first-order valence-corrected chi connectivity index (χ1v) is 14.2. The Labute approximate surface area is 230 Å². The molecule has 218 valence electrons. The average molecular weight is 559 g/mol. The quantitative estimate of drug-likeness (QED) is 0.189. The first-order chi connectivity index (χ1) is 17.1. The maximum absolute atomic E-state index is 13.6. The molecular formula is C27H46N2O8S. The van der Waals surface area contributed by atoms with Crippen LogP contribution >= 0.6 is 0 Å². The zero-order valence-corrected chi connectivity index (χ0v) is 25.6. The zero-order chi connectivity index (χ0) is 29.8. The first kappa shape index (κ1) is 33.9. The van der Waals surface area contributed by atoms with Gasteiger partial charge in [0.05, 0.1) is 0 Å². The van der Waals surface area contributed by atoms with E-state index >= 15 is 0 Å². The van der Waals surface area contributed by atoms with Gasteiger partial charge in [0, 0.05) is 20.4 Å². The van der Waals surface area contributed by atoms with Crippen LogP contribution in [0.5, 0.6) is 0 Å². The first-order valence-electron chi connectivity index (χ1n) is 12.8. The van der Waals surface area contributed by atoms with Crippen molar-refractivity contribution in [3.8, 4) is 0 Å². The number of hydrogen-bond donors (Lipinski definition) is 0. The van der Waals surface area contributed by atoms with Gasteiger partial charge in [-0.2, -0.15) is 4.90 Å². The Hall–Kier alpha value is -2.11. The van der Waals surface area contributed by atoms with Crippen molar-refractivity contribution < 1.29 is 37.9 Å². The van der Waals surface area contributed by atoms with Crippen LogP contribution in [0.4, 0.5) is 4.79 Å². The lowest BCUT2D eigenvalue weighted by atomic mass is 10.1. The monoisotopic (exact) mass is 558 g/mol. The van der Waals surface area contributed by atoms with E-state index in [-0.39, 0.29) is 11.7 Å². The van der Waals surface area contributed by atoms with Crippen molar-refractivity contribution in [2.75, 3.05) is 12.3 Å². The van der Waals surface area contributed by atoms with Gasteiger partial charge in [-0.3, -0.25) is 19.3 Å². The third-order valence-electron chi connectivity index (χ3n) is 5.46. The molecule has 38 heavy (non-hydrogen) atoms. The zero-order valence-electron chi connectivity index (χ0n) is 24.8. The fourth-order valence-electron chi connectivity index (χ4n) is 3.94. The van der Waals surface area contributed by atoms with Crippen LogP contribution in [0.15, 0.2) is 12.7 Å².